The summed E-state index contributed by atoms with van der Waals surface area (Å²) >= 11 is 5.43. The lowest BCUT2D eigenvalue weighted by Crippen LogP contribution is -2.12. The quantitative estimate of drug-likeness (QED) is 0.418. The van der Waals surface area contributed by atoms with E-state index >= 15 is 0 Å². The zero-order chi connectivity index (χ0) is 15.0. The lowest BCUT2D eigenvalue weighted by atomic mass is 10.0. The summed E-state index contributed by atoms with van der Waals surface area (Å²) in [7, 11) is 0. The Hall–Kier alpha value is -2.39. The van der Waals surface area contributed by atoms with E-state index in [-0.39, 0.29) is 0 Å². The van der Waals surface area contributed by atoms with Gasteiger partial charge < -0.3 is 4.40 Å². The molecule has 104 valence electrons. The van der Waals surface area contributed by atoms with Crippen LogP contribution in [-0.4, -0.2) is 15.4 Å². The van der Waals surface area contributed by atoms with E-state index in [1.807, 2.05) is 61.5 Å². The van der Waals surface area contributed by atoms with Crippen molar-refractivity contribution >= 4 is 28.1 Å². The number of rotatable bonds is 3. The van der Waals surface area contributed by atoms with Crippen molar-refractivity contribution in [3.63, 3.8) is 0 Å². The second kappa shape index (κ2) is 5.19. The summed E-state index contributed by atoms with van der Waals surface area (Å²) in [6, 6.07) is 17.1. The van der Waals surface area contributed by atoms with Crippen LogP contribution in [0.2, 0.25) is 0 Å². The Bertz CT molecular complexity index is 850. The highest BCUT2D eigenvalue weighted by Crippen LogP contribution is 2.29. The summed E-state index contributed by atoms with van der Waals surface area (Å²) in [5.74, 6) is -0.690. The van der Waals surface area contributed by atoms with Crippen molar-refractivity contribution in [2.75, 3.05) is 0 Å². The summed E-state index contributed by atoms with van der Waals surface area (Å²) in [5.41, 5.74) is 3.63. The first-order valence-corrected chi connectivity index (χ1v) is 6.88. The van der Waals surface area contributed by atoms with E-state index in [2.05, 4.69) is 0 Å². The molecule has 3 rings (SSSR count). The summed E-state index contributed by atoms with van der Waals surface area (Å²) in [6.45, 7) is 1.89. The van der Waals surface area contributed by atoms with Crippen molar-refractivity contribution in [3.8, 4) is 11.1 Å². The zero-order valence-electron chi connectivity index (χ0n) is 11.3. The SMILES string of the molecule is Cc1cccc2cc(-c3ccccc3)c(C(=O)C(=O)Cl)n12. The van der Waals surface area contributed by atoms with Gasteiger partial charge in [-0.2, -0.15) is 0 Å². The number of aromatic nitrogens is 1. The Morgan fingerprint density at radius 2 is 1.71 bits per heavy atom. The molecule has 0 saturated heterocycles. The van der Waals surface area contributed by atoms with Crippen LogP contribution in [0, 0.1) is 6.92 Å². The summed E-state index contributed by atoms with van der Waals surface area (Å²) in [4.78, 5) is 23.6. The Kier molecular flexibility index (Phi) is 3.35. The number of halogens is 1. The summed E-state index contributed by atoms with van der Waals surface area (Å²) < 4.78 is 1.77. The molecule has 0 aliphatic heterocycles. The second-order valence-corrected chi connectivity index (χ2v) is 5.15. The third-order valence-corrected chi connectivity index (χ3v) is 3.64. The molecule has 0 unspecified atom stereocenters. The maximum absolute atomic E-state index is 12.3. The monoisotopic (exact) mass is 297 g/mol. The van der Waals surface area contributed by atoms with E-state index < -0.39 is 11.0 Å². The van der Waals surface area contributed by atoms with Crippen LogP contribution in [0.15, 0.2) is 54.6 Å². The summed E-state index contributed by atoms with van der Waals surface area (Å²) in [6.07, 6.45) is 0. The minimum Gasteiger partial charge on any atom is -0.310 e. The van der Waals surface area contributed by atoms with Crippen LogP contribution in [-0.2, 0) is 4.79 Å². The molecule has 0 amide bonds. The van der Waals surface area contributed by atoms with Gasteiger partial charge in [0.05, 0.1) is 0 Å². The van der Waals surface area contributed by atoms with Crippen LogP contribution in [0.3, 0.4) is 0 Å². The van der Waals surface area contributed by atoms with Crippen molar-refractivity contribution in [2.45, 2.75) is 6.92 Å². The van der Waals surface area contributed by atoms with Crippen molar-refractivity contribution < 1.29 is 9.59 Å². The van der Waals surface area contributed by atoms with E-state index in [4.69, 9.17) is 11.6 Å². The maximum Gasteiger partial charge on any atom is 0.294 e. The van der Waals surface area contributed by atoms with Gasteiger partial charge >= 0.3 is 0 Å². The molecule has 0 saturated carbocycles. The van der Waals surface area contributed by atoms with Gasteiger partial charge in [-0.3, -0.25) is 9.59 Å². The molecule has 21 heavy (non-hydrogen) atoms. The number of pyridine rings is 1. The lowest BCUT2D eigenvalue weighted by Gasteiger charge is -2.06. The fourth-order valence-electron chi connectivity index (χ4n) is 2.55. The highest BCUT2D eigenvalue weighted by atomic mass is 35.5. The zero-order valence-corrected chi connectivity index (χ0v) is 12.1. The predicted octanol–water partition coefficient (Wildman–Crippen LogP) is 3.86. The fourth-order valence-corrected chi connectivity index (χ4v) is 2.64. The van der Waals surface area contributed by atoms with Crippen molar-refractivity contribution in [2.24, 2.45) is 0 Å². The van der Waals surface area contributed by atoms with Crippen LogP contribution >= 0.6 is 11.6 Å². The average molecular weight is 298 g/mol. The van der Waals surface area contributed by atoms with Crippen LogP contribution in [0.1, 0.15) is 16.2 Å². The smallest absolute Gasteiger partial charge is 0.294 e. The van der Waals surface area contributed by atoms with Gasteiger partial charge in [0.2, 0.25) is 0 Å². The molecule has 2 aromatic heterocycles. The highest BCUT2D eigenvalue weighted by molar-refractivity contribution is 6.83. The number of carbonyl (C=O) groups excluding carboxylic acids is 2. The van der Waals surface area contributed by atoms with Crippen LogP contribution in [0.4, 0.5) is 0 Å². The lowest BCUT2D eigenvalue weighted by molar-refractivity contribution is -0.108. The number of ketones is 1. The third kappa shape index (κ3) is 2.26. The van der Waals surface area contributed by atoms with Crippen LogP contribution in [0.5, 0.6) is 0 Å². The Morgan fingerprint density at radius 1 is 1.00 bits per heavy atom. The molecule has 0 fully saturated rings. The predicted molar refractivity (Wildman–Crippen MR) is 82.8 cm³/mol. The van der Waals surface area contributed by atoms with Crippen molar-refractivity contribution in [1.29, 1.82) is 0 Å². The average Bonchev–Trinajstić information content (AvgIpc) is 2.88. The molecule has 0 aliphatic carbocycles. The van der Waals surface area contributed by atoms with Crippen LogP contribution in [0.25, 0.3) is 16.6 Å². The number of nitrogens with zero attached hydrogens (tertiary/aromatic N) is 1. The normalized spacial score (nSPS) is 10.8. The number of Topliss-reactive ketones (excluding diaryl/α,β-unsaturated/α-hetero) is 1. The molecular weight excluding hydrogens is 286 g/mol. The van der Waals surface area contributed by atoms with Gasteiger partial charge in [-0.25, -0.2) is 0 Å². The number of hydrogen-bond donors (Lipinski definition) is 0. The molecule has 2 heterocycles. The van der Waals surface area contributed by atoms with Gasteiger partial charge in [0.15, 0.2) is 0 Å². The first-order valence-electron chi connectivity index (χ1n) is 6.50. The fraction of sp³-hybridized carbons (Fsp3) is 0.0588. The first kappa shape index (κ1) is 13.6. The van der Waals surface area contributed by atoms with Gasteiger partial charge in [0.25, 0.3) is 11.0 Å². The topological polar surface area (TPSA) is 38.5 Å². The molecule has 0 aliphatic rings. The molecule has 1 aromatic carbocycles. The first-order chi connectivity index (χ1) is 10.1. The summed E-state index contributed by atoms with van der Waals surface area (Å²) in [5, 5.41) is -0.976. The van der Waals surface area contributed by atoms with Crippen LogP contribution < -0.4 is 0 Å². The molecule has 3 nitrogen and oxygen atoms in total. The van der Waals surface area contributed by atoms with Gasteiger partial charge in [0.1, 0.15) is 5.69 Å². The molecule has 0 bridgehead atoms. The molecule has 4 heteroatoms. The number of hydrogen-bond acceptors (Lipinski definition) is 2. The van der Waals surface area contributed by atoms with E-state index in [0.717, 1.165) is 16.8 Å². The standard InChI is InChI=1S/C17H12ClNO2/c1-11-6-5-9-13-10-14(12-7-3-2-4-8-12)15(19(11)13)16(20)17(18)21/h2-10H,1H3. The van der Waals surface area contributed by atoms with E-state index in [0.29, 0.717) is 11.3 Å². The van der Waals surface area contributed by atoms with Gasteiger partial charge in [0, 0.05) is 16.8 Å². The largest absolute Gasteiger partial charge is 0.310 e. The third-order valence-electron chi connectivity index (χ3n) is 3.46. The molecule has 0 N–H and O–H groups in total. The Balaban J connectivity index is 2.40. The number of benzene rings is 1. The minimum absolute atomic E-state index is 0.314. The number of carbonyl (C=O) groups is 2. The minimum atomic E-state index is -0.976. The number of aryl methyl sites for hydroxylation is 1. The van der Waals surface area contributed by atoms with Gasteiger partial charge in [-0.05, 0) is 42.3 Å². The Labute approximate surface area is 126 Å². The van der Waals surface area contributed by atoms with E-state index in [1.165, 1.54) is 0 Å². The molecule has 0 spiro atoms. The Morgan fingerprint density at radius 3 is 2.38 bits per heavy atom. The van der Waals surface area contributed by atoms with Gasteiger partial charge in [-0.1, -0.05) is 36.4 Å². The molecule has 3 aromatic rings. The van der Waals surface area contributed by atoms with Crippen molar-refractivity contribution in [3.05, 3.63) is 66.0 Å². The van der Waals surface area contributed by atoms with Gasteiger partial charge in [-0.15, -0.1) is 0 Å². The number of fused-ring (bicyclic) bond motifs is 1. The van der Waals surface area contributed by atoms with E-state index in [9.17, 15) is 9.59 Å². The molecular formula is C17H12ClNO2. The van der Waals surface area contributed by atoms with Crippen molar-refractivity contribution in [1.82, 2.24) is 4.40 Å². The molecule has 0 radical (unpaired) electrons. The maximum atomic E-state index is 12.3. The molecule has 0 atom stereocenters. The second-order valence-electron chi connectivity index (χ2n) is 4.80. The van der Waals surface area contributed by atoms with E-state index in [1.54, 1.807) is 4.40 Å². The highest BCUT2D eigenvalue weighted by Gasteiger charge is 2.23.